The molecule has 0 spiro atoms. The highest BCUT2D eigenvalue weighted by Crippen LogP contribution is 2.41. The second-order valence-electron chi connectivity index (χ2n) is 9.36. The van der Waals surface area contributed by atoms with Crippen molar-refractivity contribution in [1.29, 1.82) is 0 Å². The molecule has 2 unspecified atom stereocenters. The number of carbonyl (C=O) groups excluding carboxylic acids is 1. The van der Waals surface area contributed by atoms with Crippen LogP contribution in [0.4, 0.5) is 18.0 Å². The predicted molar refractivity (Wildman–Crippen MR) is 95.5 cm³/mol. The summed E-state index contributed by atoms with van der Waals surface area (Å²) in [6.45, 7) is 14.8. The van der Waals surface area contributed by atoms with Crippen molar-refractivity contribution < 1.29 is 32.2 Å². The van der Waals surface area contributed by atoms with Crippen molar-refractivity contribution in [3.05, 3.63) is 0 Å². The lowest BCUT2D eigenvalue weighted by molar-refractivity contribution is -0.223. The molecule has 0 aromatic heterocycles. The van der Waals surface area contributed by atoms with Gasteiger partial charge in [0, 0.05) is 6.54 Å². The average Bonchev–Trinajstić information content (AvgIpc) is 2.76. The minimum absolute atomic E-state index is 0.0476. The molecular weight excluding hydrogens is 367 g/mol. The Morgan fingerprint density at radius 1 is 1.15 bits per heavy atom. The van der Waals surface area contributed by atoms with Crippen molar-refractivity contribution in [2.45, 2.75) is 96.1 Å². The Balaban J connectivity index is 3.14. The van der Waals surface area contributed by atoms with Gasteiger partial charge in [-0.2, -0.15) is 13.2 Å². The van der Waals surface area contributed by atoms with Crippen molar-refractivity contribution in [3.8, 4) is 0 Å². The van der Waals surface area contributed by atoms with Crippen LogP contribution in [0, 0.1) is 0 Å². The van der Waals surface area contributed by atoms with Crippen LogP contribution in [-0.4, -0.2) is 61.0 Å². The molecule has 1 aliphatic heterocycles. The minimum atomic E-state index is -4.86. The van der Waals surface area contributed by atoms with Gasteiger partial charge in [0.25, 0.3) is 0 Å². The van der Waals surface area contributed by atoms with E-state index < -0.39 is 44.4 Å². The number of amides is 1. The van der Waals surface area contributed by atoms with Gasteiger partial charge < -0.3 is 14.3 Å². The van der Waals surface area contributed by atoms with Crippen LogP contribution < -0.4 is 0 Å². The van der Waals surface area contributed by atoms with Crippen molar-refractivity contribution in [3.63, 3.8) is 0 Å². The molecule has 154 valence electrons. The lowest BCUT2D eigenvalue weighted by Crippen LogP contribution is -2.56. The van der Waals surface area contributed by atoms with Gasteiger partial charge in [-0.3, -0.25) is 4.90 Å². The third kappa shape index (κ3) is 5.59. The maximum absolute atomic E-state index is 13.2. The van der Waals surface area contributed by atoms with Gasteiger partial charge in [0.15, 0.2) is 14.4 Å². The lowest BCUT2D eigenvalue weighted by Gasteiger charge is -2.41. The molecule has 0 saturated carbocycles. The van der Waals surface area contributed by atoms with E-state index in [9.17, 15) is 23.1 Å². The first kappa shape index (κ1) is 23.2. The summed E-state index contributed by atoms with van der Waals surface area (Å²) < 4.78 is 51.1. The van der Waals surface area contributed by atoms with E-state index in [0.717, 1.165) is 4.90 Å². The number of alkyl halides is 3. The molecule has 1 heterocycles. The fourth-order valence-electron chi connectivity index (χ4n) is 2.57. The Morgan fingerprint density at radius 2 is 1.65 bits per heavy atom. The molecule has 1 fully saturated rings. The second-order valence-corrected chi connectivity index (χ2v) is 14.1. The van der Waals surface area contributed by atoms with E-state index in [1.165, 1.54) is 0 Å². The topological polar surface area (TPSA) is 59.0 Å². The molecule has 1 amide bonds. The summed E-state index contributed by atoms with van der Waals surface area (Å²) in [4.78, 5) is 13.4. The van der Waals surface area contributed by atoms with Crippen LogP contribution >= 0.6 is 0 Å². The number of halogens is 3. The fourth-order valence-corrected chi connectivity index (χ4v) is 3.94. The number of nitrogens with zero attached hydrogens (tertiary/aromatic N) is 1. The lowest BCUT2D eigenvalue weighted by atomic mass is 10.1. The van der Waals surface area contributed by atoms with Crippen LogP contribution in [-0.2, 0) is 9.16 Å². The van der Waals surface area contributed by atoms with E-state index in [4.69, 9.17) is 9.16 Å². The number of aliphatic hydroxyl groups excluding tert-OH is 1. The fraction of sp³-hybridized carbons (Fsp3) is 0.941. The van der Waals surface area contributed by atoms with Gasteiger partial charge in [-0.25, -0.2) is 4.79 Å². The zero-order valence-corrected chi connectivity index (χ0v) is 17.9. The minimum Gasteiger partial charge on any atom is -0.444 e. The monoisotopic (exact) mass is 399 g/mol. The first-order valence-electron chi connectivity index (χ1n) is 8.79. The van der Waals surface area contributed by atoms with E-state index in [-0.39, 0.29) is 18.0 Å². The van der Waals surface area contributed by atoms with Gasteiger partial charge in [0.05, 0.1) is 12.1 Å². The molecule has 0 bridgehead atoms. The molecule has 26 heavy (non-hydrogen) atoms. The first-order chi connectivity index (χ1) is 11.4. The molecule has 1 aliphatic rings. The summed E-state index contributed by atoms with van der Waals surface area (Å²) >= 11 is 0. The summed E-state index contributed by atoms with van der Waals surface area (Å²) in [5.41, 5.74) is -0.844. The number of likely N-dealkylation sites (tertiary alicyclic amines) is 1. The number of ether oxygens (including phenoxy) is 1. The number of carbonyl (C=O) groups is 1. The Morgan fingerprint density at radius 3 is 2.04 bits per heavy atom. The van der Waals surface area contributed by atoms with Crippen LogP contribution in [0.2, 0.25) is 18.1 Å². The Hall–Kier alpha value is -0.803. The molecular formula is C17H32F3NO4Si. The molecule has 5 nitrogen and oxygen atoms in total. The summed E-state index contributed by atoms with van der Waals surface area (Å²) in [6, 6.07) is -1.51. The van der Waals surface area contributed by atoms with E-state index >= 15 is 0 Å². The van der Waals surface area contributed by atoms with Crippen LogP contribution in [0.3, 0.4) is 0 Å². The van der Waals surface area contributed by atoms with Gasteiger partial charge in [0.2, 0.25) is 0 Å². The zero-order chi connectivity index (χ0) is 20.7. The Bertz CT molecular complexity index is 512. The largest absolute Gasteiger partial charge is 0.444 e. The summed E-state index contributed by atoms with van der Waals surface area (Å²) in [5.74, 6) is 0. The van der Waals surface area contributed by atoms with Gasteiger partial charge >= 0.3 is 12.3 Å². The molecule has 3 atom stereocenters. The second kappa shape index (κ2) is 7.31. The SMILES string of the molecule is CC(C)(C)OC(=O)N1CCC(O[Si](C)(C)C(C)(C)C)C1[C@H](O)C(F)(F)F. The van der Waals surface area contributed by atoms with Crippen LogP contribution in [0.5, 0.6) is 0 Å². The average molecular weight is 400 g/mol. The highest BCUT2D eigenvalue weighted by atomic mass is 28.4. The van der Waals surface area contributed by atoms with E-state index in [1.54, 1.807) is 20.8 Å². The van der Waals surface area contributed by atoms with Crippen molar-refractivity contribution in [2.24, 2.45) is 0 Å². The molecule has 9 heteroatoms. The first-order valence-corrected chi connectivity index (χ1v) is 11.7. The smallest absolute Gasteiger partial charge is 0.416 e. The quantitative estimate of drug-likeness (QED) is 0.719. The third-order valence-corrected chi connectivity index (χ3v) is 9.44. The molecule has 0 radical (unpaired) electrons. The number of hydrogen-bond acceptors (Lipinski definition) is 4. The summed E-state index contributed by atoms with van der Waals surface area (Å²) in [5, 5.41) is 9.73. The Labute approximate surface area is 155 Å². The molecule has 0 aromatic rings. The van der Waals surface area contributed by atoms with Crippen LogP contribution in [0.15, 0.2) is 0 Å². The predicted octanol–water partition coefficient (Wildman–Crippen LogP) is 4.31. The highest BCUT2D eigenvalue weighted by molar-refractivity contribution is 6.74. The van der Waals surface area contributed by atoms with E-state index in [0.29, 0.717) is 0 Å². The van der Waals surface area contributed by atoms with E-state index in [2.05, 4.69) is 0 Å². The van der Waals surface area contributed by atoms with Gasteiger partial charge in [-0.15, -0.1) is 0 Å². The molecule has 1 N–H and O–H groups in total. The molecule has 1 rings (SSSR count). The third-order valence-electron chi connectivity index (χ3n) is 4.93. The summed E-state index contributed by atoms with van der Waals surface area (Å²) in [7, 11) is -2.39. The normalized spacial score (nSPS) is 23.9. The maximum Gasteiger partial charge on any atom is 0.416 e. The Kier molecular flexibility index (Phi) is 6.54. The van der Waals surface area contributed by atoms with Gasteiger partial charge in [-0.1, -0.05) is 20.8 Å². The van der Waals surface area contributed by atoms with Crippen molar-refractivity contribution >= 4 is 14.4 Å². The number of rotatable bonds is 3. The van der Waals surface area contributed by atoms with E-state index in [1.807, 2.05) is 33.9 Å². The standard InChI is InChI=1S/C17H32F3NO4Si/c1-15(2,3)24-14(23)21-10-9-11(12(21)13(22)17(18,19)20)25-26(7,8)16(4,5)6/h11-13,22H,9-10H2,1-8H3/t11?,12?,13-/m0/s1. The number of hydrogen-bond donors (Lipinski definition) is 1. The molecule has 0 aromatic carbocycles. The highest BCUT2D eigenvalue weighted by Gasteiger charge is 2.55. The summed E-state index contributed by atoms with van der Waals surface area (Å²) in [6.07, 6.45) is -9.08. The van der Waals surface area contributed by atoms with Gasteiger partial charge in [-0.05, 0) is 45.3 Å². The molecule has 0 aliphatic carbocycles. The van der Waals surface area contributed by atoms with Crippen molar-refractivity contribution in [2.75, 3.05) is 6.54 Å². The molecule has 1 saturated heterocycles. The number of aliphatic hydroxyl groups is 1. The maximum atomic E-state index is 13.2. The zero-order valence-electron chi connectivity index (χ0n) is 16.9. The van der Waals surface area contributed by atoms with Crippen LogP contribution in [0.1, 0.15) is 48.0 Å². The van der Waals surface area contributed by atoms with Crippen molar-refractivity contribution in [1.82, 2.24) is 4.90 Å². The van der Waals surface area contributed by atoms with Crippen LogP contribution in [0.25, 0.3) is 0 Å². The van der Waals surface area contributed by atoms with Gasteiger partial charge in [0.1, 0.15) is 5.60 Å².